The maximum absolute atomic E-state index is 12.1. The highest BCUT2D eigenvalue weighted by Crippen LogP contribution is 2.29. The minimum atomic E-state index is -0.128. The van der Waals surface area contributed by atoms with Crippen molar-refractivity contribution < 1.29 is 4.79 Å². The number of hydrogen-bond donors (Lipinski definition) is 2. The number of hydrogen-bond acceptors (Lipinski definition) is 2. The maximum Gasteiger partial charge on any atom is 0.243 e. The Bertz CT molecular complexity index is 662. The van der Waals surface area contributed by atoms with Gasteiger partial charge in [0.05, 0.1) is 17.3 Å². The Kier molecular flexibility index (Phi) is 5.09. The summed E-state index contributed by atoms with van der Waals surface area (Å²) in [6.07, 6.45) is 0. The van der Waals surface area contributed by atoms with Crippen molar-refractivity contribution in [2.75, 3.05) is 17.2 Å². The molecule has 0 unspecified atom stereocenters. The zero-order valence-electron chi connectivity index (χ0n) is 13.1. The third-order valence-electron chi connectivity index (χ3n) is 3.32. The lowest BCUT2D eigenvalue weighted by Gasteiger charge is -2.23. The van der Waals surface area contributed by atoms with Crippen molar-refractivity contribution >= 4 is 28.9 Å². The highest BCUT2D eigenvalue weighted by molar-refractivity contribution is 6.33. The van der Waals surface area contributed by atoms with Crippen LogP contribution in [0, 0.1) is 0 Å². The zero-order chi connectivity index (χ0) is 16.2. The predicted octanol–water partition coefficient (Wildman–Crippen LogP) is 4.69. The van der Waals surface area contributed by atoms with Gasteiger partial charge in [-0.1, -0.05) is 62.7 Å². The van der Waals surface area contributed by atoms with Gasteiger partial charge in [-0.05, 0) is 29.2 Å². The van der Waals surface area contributed by atoms with Crippen LogP contribution in [-0.4, -0.2) is 12.5 Å². The van der Waals surface area contributed by atoms with E-state index in [0.717, 1.165) is 5.69 Å². The first-order valence-electron chi connectivity index (χ1n) is 7.25. The number of rotatable bonds is 4. The van der Waals surface area contributed by atoms with Gasteiger partial charge in [-0.25, -0.2) is 0 Å². The maximum atomic E-state index is 12.1. The molecule has 3 nitrogen and oxygen atoms in total. The highest BCUT2D eigenvalue weighted by atomic mass is 35.5. The molecule has 116 valence electrons. The van der Waals surface area contributed by atoms with Crippen molar-refractivity contribution in [3.63, 3.8) is 0 Å². The molecule has 0 heterocycles. The summed E-state index contributed by atoms with van der Waals surface area (Å²) in [4.78, 5) is 12.1. The number of carbonyl (C=O) groups is 1. The van der Waals surface area contributed by atoms with Gasteiger partial charge in [0.25, 0.3) is 0 Å². The Morgan fingerprint density at radius 2 is 1.59 bits per heavy atom. The monoisotopic (exact) mass is 316 g/mol. The second-order valence-corrected chi connectivity index (χ2v) is 6.58. The van der Waals surface area contributed by atoms with Crippen molar-refractivity contribution in [3.05, 3.63) is 59.1 Å². The van der Waals surface area contributed by atoms with Gasteiger partial charge in [-0.15, -0.1) is 0 Å². The van der Waals surface area contributed by atoms with Crippen molar-refractivity contribution in [1.29, 1.82) is 0 Å². The molecule has 0 aliphatic rings. The van der Waals surface area contributed by atoms with Gasteiger partial charge in [0.15, 0.2) is 0 Å². The van der Waals surface area contributed by atoms with E-state index in [0.29, 0.717) is 10.7 Å². The van der Waals surface area contributed by atoms with Crippen molar-refractivity contribution in [3.8, 4) is 0 Å². The lowest BCUT2D eigenvalue weighted by molar-refractivity contribution is -0.114. The molecule has 0 aliphatic carbocycles. The number of benzene rings is 2. The first kappa shape index (κ1) is 16.4. The summed E-state index contributed by atoms with van der Waals surface area (Å²) in [6, 6.07) is 15.2. The van der Waals surface area contributed by atoms with Gasteiger partial charge in [0.1, 0.15) is 0 Å². The number of anilines is 2. The fourth-order valence-electron chi connectivity index (χ4n) is 2.22. The first-order valence-corrected chi connectivity index (χ1v) is 7.63. The molecule has 0 saturated carbocycles. The summed E-state index contributed by atoms with van der Waals surface area (Å²) >= 11 is 6.04. The van der Waals surface area contributed by atoms with Gasteiger partial charge in [0.2, 0.25) is 5.91 Å². The summed E-state index contributed by atoms with van der Waals surface area (Å²) in [6.45, 7) is 6.64. The van der Waals surface area contributed by atoms with Crippen LogP contribution in [0.2, 0.25) is 5.02 Å². The molecule has 2 aromatic rings. The molecule has 0 aromatic heterocycles. The van der Waals surface area contributed by atoms with Crippen LogP contribution in [0.3, 0.4) is 0 Å². The Balaban J connectivity index is 2.02. The van der Waals surface area contributed by atoms with Crippen LogP contribution in [0.25, 0.3) is 0 Å². The van der Waals surface area contributed by atoms with Crippen LogP contribution < -0.4 is 10.6 Å². The van der Waals surface area contributed by atoms with Crippen LogP contribution in [0.1, 0.15) is 26.3 Å². The molecule has 2 N–H and O–H groups in total. The molecule has 0 bridgehead atoms. The molecular weight excluding hydrogens is 296 g/mol. The fourth-order valence-corrected chi connectivity index (χ4v) is 2.41. The Morgan fingerprint density at radius 1 is 1.00 bits per heavy atom. The normalized spacial score (nSPS) is 11.1. The summed E-state index contributed by atoms with van der Waals surface area (Å²) in [7, 11) is 0. The van der Waals surface area contributed by atoms with Crippen molar-refractivity contribution in [2.45, 2.75) is 26.2 Å². The second kappa shape index (κ2) is 6.84. The van der Waals surface area contributed by atoms with Gasteiger partial charge in [-0.3, -0.25) is 4.79 Å². The van der Waals surface area contributed by atoms with Crippen LogP contribution in [0.5, 0.6) is 0 Å². The molecule has 0 radical (unpaired) electrons. The highest BCUT2D eigenvalue weighted by Gasteiger charge is 2.17. The van der Waals surface area contributed by atoms with E-state index in [1.807, 2.05) is 30.3 Å². The Hall–Kier alpha value is -2.00. The SMILES string of the molecule is CC(C)(C)c1ccccc1NCC(=O)Nc1ccccc1Cl. The van der Waals surface area contributed by atoms with E-state index >= 15 is 0 Å². The summed E-state index contributed by atoms with van der Waals surface area (Å²) in [5.74, 6) is -0.128. The topological polar surface area (TPSA) is 41.1 Å². The molecule has 2 rings (SSSR count). The van der Waals surface area contributed by atoms with E-state index in [4.69, 9.17) is 11.6 Å². The zero-order valence-corrected chi connectivity index (χ0v) is 13.9. The third-order valence-corrected chi connectivity index (χ3v) is 3.65. The quantitative estimate of drug-likeness (QED) is 0.859. The van der Waals surface area contributed by atoms with Crippen molar-refractivity contribution in [2.24, 2.45) is 0 Å². The number of halogens is 1. The molecule has 4 heteroatoms. The first-order chi connectivity index (χ1) is 10.4. The molecule has 0 aliphatic heterocycles. The lowest BCUT2D eigenvalue weighted by Crippen LogP contribution is -2.23. The summed E-state index contributed by atoms with van der Waals surface area (Å²) < 4.78 is 0. The van der Waals surface area contributed by atoms with Crippen LogP contribution in [-0.2, 0) is 10.2 Å². The molecule has 0 fully saturated rings. The minimum Gasteiger partial charge on any atom is -0.376 e. The Morgan fingerprint density at radius 3 is 2.23 bits per heavy atom. The summed E-state index contributed by atoms with van der Waals surface area (Å²) in [5, 5.41) is 6.54. The Labute approximate surface area is 136 Å². The third kappa shape index (κ3) is 4.25. The minimum absolute atomic E-state index is 0.0167. The van der Waals surface area contributed by atoms with Crippen LogP contribution >= 0.6 is 11.6 Å². The smallest absolute Gasteiger partial charge is 0.243 e. The van der Waals surface area contributed by atoms with Crippen LogP contribution in [0.4, 0.5) is 11.4 Å². The summed E-state index contributed by atoms with van der Waals surface area (Å²) in [5.41, 5.74) is 2.80. The number of para-hydroxylation sites is 2. The van der Waals surface area contributed by atoms with E-state index in [2.05, 4.69) is 37.5 Å². The van der Waals surface area contributed by atoms with E-state index < -0.39 is 0 Å². The molecule has 0 spiro atoms. The number of amides is 1. The van der Waals surface area contributed by atoms with Crippen LogP contribution in [0.15, 0.2) is 48.5 Å². The molecule has 0 saturated heterocycles. The predicted molar refractivity (Wildman–Crippen MR) is 93.7 cm³/mol. The standard InChI is InChI=1S/C18H21ClN2O/c1-18(2,3)13-8-4-6-10-15(13)20-12-17(22)21-16-11-7-5-9-14(16)19/h4-11,20H,12H2,1-3H3,(H,21,22). The van der Waals surface area contributed by atoms with E-state index in [1.165, 1.54) is 5.56 Å². The van der Waals surface area contributed by atoms with E-state index in [9.17, 15) is 4.79 Å². The largest absolute Gasteiger partial charge is 0.376 e. The molecule has 0 atom stereocenters. The number of carbonyl (C=O) groups excluding carboxylic acids is 1. The number of nitrogens with one attached hydrogen (secondary N) is 2. The van der Waals surface area contributed by atoms with Gasteiger partial charge in [0, 0.05) is 5.69 Å². The molecular formula is C18H21ClN2O. The molecule has 22 heavy (non-hydrogen) atoms. The van der Waals surface area contributed by atoms with Crippen molar-refractivity contribution in [1.82, 2.24) is 0 Å². The lowest BCUT2D eigenvalue weighted by atomic mass is 9.86. The average molecular weight is 317 g/mol. The second-order valence-electron chi connectivity index (χ2n) is 6.18. The molecule has 1 amide bonds. The van der Waals surface area contributed by atoms with Gasteiger partial charge < -0.3 is 10.6 Å². The average Bonchev–Trinajstić information content (AvgIpc) is 2.47. The molecule has 2 aromatic carbocycles. The fraction of sp³-hybridized carbons (Fsp3) is 0.278. The van der Waals surface area contributed by atoms with Gasteiger partial charge >= 0.3 is 0 Å². The van der Waals surface area contributed by atoms with Gasteiger partial charge in [-0.2, -0.15) is 0 Å². The van der Waals surface area contributed by atoms with E-state index in [1.54, 1.807) is 12.1 Å². The van der Waals surface area contributed by atoms with E-state index in [-0.39, 0.29) is 17.9 Å².